The molecule has 55 heavy (non-hydrogen) atoms. The average molecular weight is 834 g/mol. The summed E-state index contributed by atoms with van der Waals surface area (Å²) in [5.74, 6) is -1.06. The van der Waals surface area contributed by atoms with Crippen molar-refractivity contribution in [1.82, 2.24) is 29.5 Å². The van der Waals surface area contributed by atoms with E-state index >= 15 is 4.39 Å². The Labute approximate surface area is 324 Å². The molecule has 1 aliphatic heterocycles. The van der Waals surface area contributed by atoms with Crippen LogP contribution in [-0.2, 0) is 38.7 Å². The predicted octanol–water partition coefficient (Wildman–Crippen LogP) is 5.60. The predicted molar refractivity (Wildman–Crippen MR) is 202 cm³/mol. The number of ether oxygens (including phenoxy) is 2. The number of rotatable bonds is 19. The van der Waals surface area contributed by atoms with Crippen LogP contribution in [0.1, 0.15) is 71.6 Å². The average Bonchev–Trinajstić information content (AvgIpc) is 3.69. The molecule has 17 nitrogen and oxygen atoms in total. The van der Waals surface area contributed by atoms with Gasteiger partial charge in [0.15, 0.2) is 23.9 Å². The van der Waals surface area contributed by atoms with E-state index in [0.29, 0.717) is 18.5 Å². The molecule has 5 N–H and O–H groups in total. The van der Waals surface area contributed by atoms with Crippen molar-refractivity contribution < 1.29 is 51.1 Å². The zero-order valence-corrected chi connectivity index (χ0v) is 33.9. The number of esters is 1. The molecule has 1 aliphatic carbocycles. The first-order chi connectivity index (χ1) is 26.1. The van der Waals surface area contributed by atoms with Gasteiger partial charge in [-0.1, -0.05) is 65.2 Å². The lowest BCUT2D eigenvalue weighted by Crippen LogP contribution is -2.42. The summed E-state index contributed by atoms with van der Waals surface area (Å²) >= 11 is 5.93. The van der Waals surface area contributed by atoms with Crippen LogP contribution in [0.25, 0.3) is 11.2 Å². The van der Waals surface area contributed by atoms with E-state index in [1.165, 1.54) is 12.4 Å². The van der Waals surface area contributed by atoms with E-state index in [4.69, 9.17) is 40.2 Å². The highest BCUT2D eigenvalue weighted by atomic mass is 35.5. The van der Waals surface area contributed by atoms with Gasteiger partial charge >= 0.3 is 21.5 Å². The highest BCUT2D eigenvalue weighted by Crippen LogP contribution is 2.61. The molecule has 2 fully saturated rings. The molecule has 0 spiro atoms. The van der Waals surface area contributed by atoms with Crippen molar-refractivity contribution in [3.05, 3.63) is 41.4 Å². The van der Waals surface area contributed by atoms with Crippen molar-refractivity contribution in [3.63, 3.8) is 0 Å². The number of para-hydroxylation sites is 1. The number of imidazole rings is 1. The number of nitrogens with zero attached hydrogens (tertiary/aromatic N) is 5. The number of likely N-dealkylation sites (N-methyl/N-ethyl adjacent to an activating group) is 1. The summed E-state index contributed by atoms with van der Waals surface area (Å²) < 4.78 is 72.5. The van der Waals surface area contributed by atoms with E-state index in [1.807, 2.05) is 13.8 Å². The number of hydrogen-bond donors (Lipinski definition) is 4. The van der Waals surface area contributed by atoms with Gasteiger partial charge in [-0.15, -0.1) is 0 Å². The van der Waals surface area contributed by atoms with Crippen molar-refractivity contribution in [1.29, 1.82) is 0 Å². The van der Waals surface area contributed by atoms with Crippen molar-refractivity contribution >= 4 is 50.1 Å². The second kappa shape index (κ2) is 19.1. The van der Waals surface area contributed by atoms with Gasteiger partial charge in [0.25, 0.3) is 0 Å². The van der Waals surface area contributed by atoms with Gasteiger partial charge in [-0.25, -0.2) is 18.5 Å². The van der Waals surface area contributed by atoms with Crippen LogP contribution in [0.15, 0.2) is 30.6 Å². The summed E-state index contributed by atoms with van der Waals surface area (Å²) in [4.78, 5) is 38.5. The van der Waals surface area contributed by atoms with Crippen LogP contribution in [0.4, 0.5) is 10.2 Å². The summed E-state index contributed by atoms with van der Waals surface area (Å²) in [5, 5.41) is 13.0. The summed E-state index contributed by atoms with van der Waals surface area (Å²) in [7, 11) is -10.4. The van der Waals surface area contributed by atoms with Crippen LogP contribution in [0.2, 0.25) is 5.28 Å². The van der Waals surface area contributed by atoms with Crippen molar-refractivity contribution in [2.24, 2.45) is 11.8 Å². The molecule has 2 aliphatic rings. The standard InChI is InChI=1S/C34H51ClFN7O10P2/c1-5-42(6-2)17-16-23-14-10-11-15-24(23)52-54(46,41-27(21(3)4)33(45)49-18-22-12-8-7-9-13-22)53-55(47,48)50-19-25-29(44)26(36)32(51-25)43-20-38-28-30(37)39-34(35)40-31(28)43/h10-11,14-15,20-22,25-27,29,32,44H,5-9,12-13,16-19H2,1-4H3,(H,41,46)(H,47,48)(H2,37,39,40)/t25-,26?,27+,29+,32-,54?/m1/s1. The number of fused-ring (bicyclic) bond motifs is 1. The van der Waals surface area contributed by atoms with E-state index < -0.39 is 64.7 Å². The van der Waals surface area contributed by atoms with E-state index in [9.17, 15) is 23.9 Å². The lowest BCUT2D eigenvalue weighted by atomic mass is 9.90. The molecule has 1 saturated heterocycles. The van der Waals surface area contributed by atoms with Gasteiger partial charge in [0.2, 0.25) is 5.28 Å². The molecule has 5 rings (SSSR count). The van der Waals surface area contributed by atoms with Crippen molar-refractivity contribution in [2.75, 3.05) is 38.6 Å². The summed E-state index contributed by atoms with van der Waals surface area (Å²) in [6, 6.07) is 5.40. The number of hydrogen-bond acceptors (Lipinski definition) is 14. The minimum absolute atomic E-state index is 0.0218. The van der Waals surface area contributed by atoms with Crippen LogP contribution in [0, 0.1) is 11.8 Å². The van der Waals surface area contributed by atoms with Crippen LogP contribution >= 0.6 is 27.2 Å². The Morgan fingerprint density at radius 1 is 1.16 bits per heavy atom. The topological polar surface area (TPSA) is 223 Å². The van der Waals surface area contributed by atoms with E-state index in [2.05, 4.69) is 24.9 Å². The summed E-state index contributed by atoms with van der Waals surface area (Å²) in [6.45, 7) is 8.92. The normalized spacial score (nSPS) is 23.5. The number of anilines is 1. The number of nitrogens with two attached hydrogens (primary N) is 1. The minimum Gasteiger partial charge on any atom is -0.464 e. The van der Waals surface area contributed by atoms with Crippen molar-refractivity contribution in [2.45, 2.75) is 96.9 Å². The summed E-state index contributed by atoms with van der Waals surface area (Å²) in [5.41, 5.74) is 6.61. The number of aliphatic hydroxyl groups is 1. The van der Waals surface area contributed by atoms with Gasteiger partial charge < -0.3 is 34.6 Å². The van der Waals surface area contributed by atoms with Gasteiger partial charge in [-0.2, -0.15) is 19.4 Å². The first-order valence-electron chi connectivity index (χ1n) is 18.5. The van der Waals surface area contributed by atoms with Crippen LogP contribution in [-0.4, -0.2) is 97.7 Å². The number of phosphoric ester groups is 1. The van der Waals surface area contributed by atoms with Gasteiger partial charge in [0.1, 0.15) is 29.5 Å². The Balaban J connectivity index is 1.34. The molecule has 0 radical (unpaired) electrons. The molecule has 0 amide bonds. The first-order valence-corrected chi connectivity index (χ1v) is 21.9. The molecule has 3 aromatic rings. The zero-order valence-electron chi connectivity index (χ0n) is 31.3. The van der Waals surface area contributed by atoms with Crippen molar-refractivity contribution in [3.8, 4) is 5.75 Å². The Morgan fingerprint density at radius 2 is 1.87 bits per heavy atom. The number of aliphatic hydroxyl groups excluding tert-OH is 1. The lowest BCUT2D eigenvalue weighted by molar-refractivity contribution is -0.148. The molecule has 306 valence electrons. The largest absolute Gasteiger partial charge is 0.481 e. The lowest BCUT2D eigenvalue weighted by Gasteiger charge is -2.29. The third-order valence-corrected chi connectivity index (χ3v) is 13.1. The quantitative estimate of drug-likeness (QED) is 0.0655. The molecule has 3 heterocycles. The maximum absolute atomic E-state index is 15.5. The molecule has 0 bridgehead atoms. The van der Waals surface area contributed by atoms with Crippen LogP contribution in [0.5, 0.6) is 5.75 Å². The number of halogens is 2. The van der Waals surface area contributed by atoms with Gasteiger partial charge in [-0.05, 0) is 67.4 Å². The minimum atomic E-state index is -5.39. The fourth-order valence-electron chi connectivity index (χ4n) is 6.59. The van der Waals surface area contributed by atoms with Crippen LogP contribution < -0.4 is 15.3 Å². The van der Waals surface area contributed by atoms with E-state index in [-0.39, 0.29) is 40.5 Å². The van der Waals surface area contributed by atoms with E-state index in [0.717, 1.165) is 49.8 Å². The number of nitrogens with one attached hydrogen (secondary N) is 1. The molecular weight excluding hydrogens is 783 g/mol. The number of phosphoric acid groups is 1. The monoisotopic (exact) mass is 833 g/mol. The molecule has 2 aromatic heterocycles. The third kappa shape index (κ3) is 11.2. The highest BCUT2D eigenvalue weighted by molar-refractivity contribution is 7.63. The fourth-order valence-corrected chi connectivity index (χ4v) is 9.93. The molecule has 3 unspecified atom stereocenters. The first kappa shape index (κ1) is 43.4. The second-order valence-electron chi connectivity index (χ2n) is 14.0. The Morgan fingerprint density at radius 3 is 2.56 bits per heavy atom. The number of benzene rings is 1. The molecular formula is C34H51ClFN7O10P2. The highest BCUT2D eigenvalue weighted by Gasteiger charge is 2.48. The molecule has 21 heteroatoms. The van der Waals surface area contributed by atoms with E-state index in [1.54, 1.807) is 32.0 Å². The van der Waals surface area contributed by atoms with Gasteiger partial charge in [0.05, 0.1) is 19.5 Å². The third-order valence-electron chi connectivity index (χ3n) is 9.79. The number of alkyl halides is 1. The molecule has 7 atom stereocenters. The second-order valence-corrected chi connectivity index (χ2v) is 17.6. The molecule has 1 aromatic carbocycles. The molecule has 1 saturated carbocycles. The number of nitrogen functional groups attached to an aromatic ring is 1. The Bertz CT molecular complexity index is 1850. The number of aromatic nitrogens is 4. The smallest absolute Gasteiger partial charge is 0.464 e. The Kier molecular flexibility index (Phi) is 15.1. The SMILES string of the molecule is CCN(CC)CCc1ccccc1OP(=O)(N[C@H](C(=O)OCC1CCCCC1)C(C)C)OP(=O)(O)OC[C@H]1O[C@@H](n2cnc3c(N)nc(Cl)nc32)C(F)[C@H]1O. The number of carbonyl (C=O) groups excluding carboxylic acids is 1. The number of carbonyl (C=O) groups is 1. The van der Waals surface area contributed by atoms with Gasteiger partial charge in [0, 0.05) is 6.54 Å². The maximum atomic E-state index is 15.5. The van der Waals surface area contributed by atoms with Gasteiger partial charge in [-0.3, -0.25) is 13.9 Å². The Hall–Kier alpha value is -2.76. The zero-order chi connectivity index (χ0) is 39.9. The fraction of sp³-hybridized carbons (Fsp3) is 0.647. The maximum Gasteiger partial charge on any atom is 0.481 e. The van der Waals surface area contributed by atoms with Crippen LogP contribution in [0.3, 0.4) is 0 Å². The summed E-state index contributed by atoms with van der Waals surface area (Å²) in [6.07, 6.45) is -0.294.